The summed E-state index contributed by atoms with van der Waals surface area (Å²) in [6, 6.07) is 6.80. The van der Waals surface area contributed by atoms with Gasteiger partial charge in [-0.2, -0.15) is 0 Å². The Bertz CT molecular complexity index is 701. The van der Waals surface area contributed by atoms with Gasteiger partial charge in [-0.15, -0.1) is 0 Å². The van der Waals surface area contributed by atoms with Crippen molar-refractivity contribution < 1.29 is 9.18 Å². The molecular weight excluding hydrogens is 283 g/mol. The van der Waals surface area contributed by atoms with Gasteiger partial charge in [-0.1, -0.05) is 26.0 Å². The molecule has 0 spiro atoms. The molecule has 1 amide bonds. The van der Waals surface area contributed by atoms with Crippen LogP contribution in [0, 0.1) is 12.7 Å². The molecule has 0 aliphatic carbocycles. The van der Waals surface area contributed by atoms with Gasteiger partial charge in [0, 0.05) is 18.3 Å². The maximum Gasteiger partial charge on any atom is 0.286 e. The Morgan fingerprint density at radius 3 is 2.64 bits per heavy atom. The summed E-state index contributed by atoms with van der Waals surface area (Å²) in [4.78, 5) is 19.5. The molecule has 1 heterocycles. The minimum atomic E-state index is -0.674. The molecule has 0 saturated carbocycles. The van der Waals surface area contributed by atoms with Gasteiger partial charge in [0.2, 0.25) is 5.82 Å². The van der Waals surface area contributed by atoms with Crippen molar-refractivity contribution in [1.82, 2.24) is 9.97 Å². The third-order valence-corrected chi connectivity index (χ3v) is 3.27. The second-order valence-electron chi connectivity index (χ2n) is 5.46. The summed E-state index contributed by atoms with van der Waals surface area (Å²) in [7, 11) is 0. The van der Waals surface area contributed by atoms with E-state index in [9.17, 15) is 9.18 Å². The highest BCUT2D eigenvalue weighted by Crippen LogP contribution is 2.17. The first kappa shape index (κ1) is 15.9. The summed E-state index contributed by atoms with van der Waals surface area (Å²) in [6.45, 7) is 6.04. The van der Waals surface area contributed by atoms with Crippen LogP contribution in [0.2, 0.25) is 0 Å². The van der Waals surface area contributed by atoms with Crippen molar-refractivity contribution >= 4 is 11.7 Å². The summed E-state index contributed by atoms with van der Waals surface area (Å²) in [5.41, 5.74) is 7.36. The van der Waals surface area contributed by atoms with Crippen molar-refractivity contribution in [3.63, 3.8) is 0 Å². The number of hydrogen-bond acceptors (Lipinski definition) is 4. The molecule has 0 bridgehead atoms. The van der Waals surface area contributed by atoms with Crippen LogP contribution in [0.1, 0.15) is 47.2 Å². The van der Waals surface area contributed by atoms with Gasteiger partial charge >= 0.3 is 0 Å². The number of nitrogens with one attached hydrogen (secondary N) is 1. The van der Waals surface area contributed by atoms with Crippen LogP contribution >= 0.6 is 0 Å². The zero-order valence-electron chi connectivity index (χ0n) is 12.9. The highest BCUT2D eigenvalue weighted by Gasteiger charge is 2.11. The Labute approximate surface area is 128 Å². The van der Waals surface area contributed by atoms with Crippen LogP contribution in [0.4, 0.5) is 10.2 Å². The zero-order chi connectivity index (χ0) is 16.3. The van der Waals surface area contributed by atoms with E-state index in [2.05, 4.69) is 15.3 Å². The van der Waals surface area contributed by atoms with Crippen molar-refractivity contribution in [1.29, 1.82) is 0 Å². The Balaban J connectivity index is 2.21. The molecule has 5 nitrogen and oxygen atoms in total. The number of primary amides is 1. The maximum atomic E-state index is 13.5. The number of carbonyl (C=O) groups is 1. The number of rotatable bonds is 5. The van der Waals surface area contributed by atoms with E-state index in [0.717, 1.165) is 11.3 Å². The maximum absolute atomic E-state index is 13.5. The topological polar surface area (TPSA) is 80.9 Å². The van der Waals surface area contributed by atoms with Crippen molar-refractivity contribution in [2.75, 3.05) is 5.32 Å². The van der Waals surface area contributed by atoms with Gasteiger partial charge in [-0.25, -0.2) is 14.4 Å². The van der Waals surface area contributed by atoms with Gasteiger partial charge < -0.3 is 11.1 Å². The van der Waals surface area contributed by atoms with Crippen LogP contribution in [-0.2, 0) is 6.54 Å². The fourth-order valence-corrected chi connectivity index (χ4v) is 1.90. The van der Waals surface area contributed by atoms with Crippen LogP contribution in [0.3, 0.4) is 0 Å². The molecule has 1 aromatic heterocycles. The first-order valence-electron chi connectivity index (χ1n) is 7.04. The summed E-state index contributed by atoms with van der Waals surface area (Å²) < 4.78 is 13.5. The van der Waals surface area contributed by atoms with Gasteiger partial charge in [0.25, 0.3) is 5.91 Å². The van der Waals surface area contributed by atoms with E-state index in [1.807, 2.05) is 19.9 Å². The number of hydrogen-bond donors (Lipinski definition) is 2. The number of amides is 1. The number of halogens is 1. The molecule has 22 heavy (non-hydrogen) atoms. The molecule has 3 N–H and O–H groups in total. The predicted octanol–water partition coefficient (Wildman–Crippen LogP) is 2.76. The van der Waals surface area contributed by atoms with E-state index < -0.39 is 5.91 Å². The molecule has 2 rings (SSSR count). The van der Waals surface area contributed by atoms with Crippen LogP contribution in [0.5, 0.6) is 0 Å². The smallest absolute Gasteiger partial charge is 0.286 e. The average Bonchev–Trinajstić information content (AvgIpc) is 2.48. The SMILES string of the molecule is Cc1ccc(CNc2cc(C(C)C)nc(C(N)=O)n2)cc1F. The molecule has 0 unspecified atom stereocenters. The monoisotopic (exact) mass is 302 g/mol. The number of anilines is 1. The lowest BCUT2D eigenvalue weighted by Crippen LogP contribution is -2.18. The van der Waals surface area contributed by atoms with E-state index in [-0.39, 0.29) is 17.6 Å². The van der Waals surface area contributed by atoms with E-state index in [1.165, 1.54) is 6.07 Å². The molecule has 0 aliphatic heterocycles. The van der Waals surface area contributed by atoms with Crippen molar-refractivity contribution in [2.24, 2.45) is 5.73 Å². The molecule has 0 aliphatic rings. The number of nitrogens with zero attached hydrogens (tertiary/aromatic N) is 2. The van der Waals surface area contributed by atoms with Crippen molar-refractivity contribution in [2.45, 2.75) is 33.2 Å². The minimum Gasteiger partial charge on any atom is -0.366 e. The quantitative estimate of drug-likeness (QED) is 0.890. The first-order valence-corrected chi connectivity index (χ1v) is 7.04. The third kappa shape index (κ3) is 3.78. The molecular formula is C16H19FN4O. The van der Waals surface area contributed by atoms with Gasteiger partial charge in [-0.3, -0.25) is 4.79 Å². The number of benzene rings is 1. The Hall–Kier alpha value is -2.50. The van der Waals surface area contributed by atoms with Crippen LogP contribution < -0.4 is 11.1 Å². The van der Waals surface area contributed by atoms with Crippen LogP contribution in [0.15, 0.2) is 24.3 Å². The van der Waals surface area contributed by atoms with Crippen LogP contribution in [0.25, 0.3) is 0 Å². The Morgan fingerprint density at radius 1 is 1.32 bits per heavy atom. The highest BCUT2D eigenvalue weighted by molar-refractivity contribution is 5.89. The van der Waals surface area contributed by atoms with Gasteiger partial charge in [0.05, 0.1) is 0 Å². The predicted molar refractivity (Wildman–Crippen MR) is 83.1 cm³/mol. The fourth-order valence-electron chi connectivity index (χ4n) is 1.90. The van der Waals surface area contributed by atoms with Crippen molar-refractivity contribution in [3.8, 4) is 0 Å². The number of carbonyl (C=O) groups excluding carboxylic acids is 1. The Kier molecular flexibility index (Phi) is 4.70. The molecule has 1 aromatic carbocycles. The second-order valence-corrected chi connectivity index (χ2v) is 5.46. The van der Waals surface area contributed by atoms with E-state index in [0.29, 0.717) is 17.9 Å². The summed E-state index contributed by atoms with van der Waals surface area (Å²) >= 11 is 0. The number of nitrogens with two attached hydrogens (primary N) is 1. The molecule has 0 radical (unpaired) electrons. The Morgan fingerprint density at radius 2 is 2.05 bits per heavy atom. The highest BCUT2D eigenvalue weighted by atomic mass is 19.1. The molecule has 116 valence electrons. The number of aromatic nitrogens is 2. The van der Waals surface area contributed by atoms with Gasteiger partial charge in [-0.05, 0) is 30.0 Å². The van der Waals surface area contributed by atoms with Crippen molar-refractivity contribution in [3.05, 3.63) is 52.7 Å². The second kappa shape index (κ2) is 6.51. The van der Waals surface area contributed by atoms with Gasteiger partial charge in [0.15, 0.2) is 0 Å². The normalized spacial score (nSPS) is 10.8. The molecule has 0 saturated heterocycles. The number of aryl methyl sites for hydroxylation is 1. The molecule has 0 fully saturated rings. The third-order valence-electron chi connectivity index (χ3n) is 3.27. The standard InChI is InChI=1S/C16H19FN4O/c1-9(2)13-7-14(21-16(20-13)15(18)22)19-8-11-5-4-10(3)12(17)6-11/h4-7,9H,8H2,1-3H3,(H2,18,22)(H,19,20,21). The van der Waals surface area contributed by atoms with E-state index >= 15 is 0 Å². The first-order chi connectivity index (χ1) is 10.4. The lowest BCUT2D eigenvalue weighted by molar-refractivity contribution is 0.0990. The fraction of sp³-hybridized carbons (Fsp3) is 0.312. The van der Waals surface area contributed by atoms with E-state index in [4.69, 9.17) is 5.73 Å². The van der Waals surface area contributed by atoms with Crippen LogP contribution in [-0.4, -0.2) is 15.9 Å². The zero-order valence-corrected chi connectivity index (χ0v) is 12.9. The van der Waals surface area contributed by atoms with Gasteiger partial charge in [0.1, 0.15) is 11.6 Å². The summed E-state index contributed by atoms with van der Waals surface area (Å²) in [5, 5.41) is 3.07. The lowest BCUT2D eigenvalue weighted by Gasteiger charge is -2.11. The summed E-state index contributed by atoms with van der Waals surface area (Å²) in [5.74, 6) is -0.314. The van der Waals surface area contributed by atoms with E-state index in [1.54, 1.807) is 19.1 Å². The minimum absolute atomic E-state index is 0.0243. The summed E-state index contributed by atoms with van der Waals surface area (Å²) in [6.07, 6.45) is 0. The molecule has 0 atom stereocenters. The largest absolute Gasteiger partial charge is 0.366 e. The molecule has 2 aromatic rings. The lowest BCUT2D eigenvalue weighted by atomic mass is 10.1. The molecule has 6 heteroatoms. The average molecular weight is 302 g/mol.